The molecule has 0 saturated heterocycles. The lowest BCUT2D eigenvalue weighted by atomic mass is 10.2. The molecule has 0 N–H and O–H groups in total. The Morgan fingerprint density at radius 1 is 1.15 bits per heavy atom. The maximum Gasteiger partial charge on any atom is 0.275 e. The highest BCUT2D eigenvalue weighted by Crippen LogP contribution is 2.25. The van der Waals surface area contributed by atoms with Gasteiger partial charge in [-0.05, 0) is 24.3 Å². The largest absolute Gasteiger partial charge is 0.485 e. The van der Waals surface area contributed by atoms with Gasteiger partial charge in [0.2, 0.25) is 5.16 Å². The van der Waals surface area contributed by atoms with E-state index in [1.807, 2.05) is 0 Å². The molecule has 0 spiro atoms. The minimum atomic E-state index is -0.590. The van der Waals surface area contributed by atoms with Gasteiger partial charge in [-0.1, -0.05) is 30.0 Å². The second-order valence-corrected chi connectivity index (χ2v) is 6.78. The smallest absolute Gasteiger partial charge is 0.275 e. The van der Waals surface area contributed by atoms with Crippen LogP contribution in [-0.2, 0) is 6.61 Å². The highest BCUT2D eigenvalue weighted by molar-refractivity contribution is 7.99. The summed E-state index contributed by atoms with van der Waals surface area (Å²) < 4.78 is 34.4. The van der Waals surface area contributed by atoms with Crippen molar-refractivity contribution in [3.05, 3.63) is 71.6 Å². The van der Waals surface area contributed by atoms with Crippen LogP contribution >= 0.6 is 11.8 Å². The number of amides is 1. The zero-order valence-electron chi connectivity index (χ0n) is 14.0. The summed E-state index contributed by atoms with van der Waals surface area (Å²) in [5.41, 5.74) is -0.0268. The van der Waals surface area contributed by atoms with Gasteiger partial charge < -0.3 is 4.74 Å². The highest BCUT2D eigenvalue weighted by atomic mass is 32.2. The monoisotopic (exact) mass is 388 g/mol. The van der Waals surface area contributed by atoms with Crippen LogP contribution in [0, 0.1) is 11.6 Å². The third-order valence-corrected chi connectivity index (χ3v) is 4.85. The lowest BCUT2D eigenvalue weighted by molar-refractivity contribution is 0.0949. The molecule has 9 heteroatoms. The molecule has 1 aliphatic heterocycles. The minimum Gasteiger partial charge on any atom is -0.485 e. The van der Waals surface area contributed by atoms with Gasteiger partial charge in [-0.25, -0.2) is 18.5 Å². The molecule has 2 aromatic carbocycles. The van der Waals surface area contributed by atoms with E-state index in [1.54, 1.807) is 12.1 Å². The van der Waals surface area contributed by atoms with Crippen molar-refractivity contribution in [1.29, 1.82) is 0 Å². The van der Waals surface area contributed by atoms with E-state index >= 15 is 0 Å². The molecule has 3 aromatic rings. The molecule has 0 fully saturated rings. The molecule has 2 heterocycles. The van der Waals surface area contributed by atoms with Gasteiger partial charge in [0.15, 0.2) is 5.82 Å². The van der Waals surface area contributed by atoms with E-state index in [0.29, 0.717) is 29.0 Å². The summed E-state index contributed by atoms with van der Waals surface area (Å²) in [5, 5.41) is 10.1. The Morgan fingerprint density at radius 2 is 2.00 bits per heavy atom. The topological polar surface area (TPSA) is 60.3 Å². The van der Waals surface area contributed by atoms with Crippen molar-refractivity contribution in [3.8, 4) is 5.75 Å². The van der Waals surface area contributed by atoms with E-state index in [1.165, 1.54) is 57.8 Å². The molecule has 0 saturated carbocycles. The molecule has 0 radical (unpaired) electrons. The van der Waals surface area contributed by atoms with Crippen molar-refractivity contribution in [2.75, 3.05) is 17.3 Å². The van der Waals surface area contributed by atoms with Crippen molar-refractivity contribution >= 4 is 17.7 Å². The Kier molecular flexibility index (Phi) is 4.76. The second kappa shape index (κ2) is 7.36. The molecule has 27 heavy (non-hydrogen) atoms. The number of halogens is 2. The number of hydrogen-bond donors (Lipinski definition) is 0. The molecule has 0 atom stereocenters. The number of nitrogens with zero attached hydrogens (tertiary/aromatic N) is 4. The van der Waals surface area contributed by atoms with Crippen LogP contribution in [0.25, 0.3) is 0 Å². The maximum absolute atomic E-state index is 14.1. The molecule has 1 aliphatic rings. The Bertz CT molecular complexity index is 995. The van der Waals surface area contributed by atoms with Gasteiger partial charge in [0.05, 0.1) is 12.1 Å². The Morgan fingerprint density at radius 3 is 2.81 bits per heavy atom. The number of rotatable bonds is 4. The number of ether oxygens (including phenoxy) is 1. The summed E-state index contributed by atoms with van der Waals surface area (Å²) in [5.74, 6) is -0.172. The molecule has 0 unspecified atom stereocenters. The van der Waals surface area contributed by atoms with Crippen LogP contribution in [0.3, 0.4) is 0 Å². The highest BCUT2D eigenvalue weighted by Gasteiger charge is 2.29. The van der Waals surface area contributed by atoms with Crippen LogP contribution in [-0.4, -0.2) is 33.1 Å². The van der Waals surface area contributed by atoms with Gasteiger partial charge in [-0.2, -0.15) is 0 Å². The molecule has 1 aromatic heterocycles. The normalized spacial score (nSPS) is 13.3. The molecule has 0 bridgehead atoms. The number of aromatic nitrogens is 3. The zero-order chi connectivity index (χ0) is 18.8. The van der Waals surface area contributed by atoms with Crippen molar-refractivity contribution in [1.82, 2.24) is 14.9 Å². The first kappa shape index (κ1) is 17.5. The van der Waals surface area contributed by atoms with Crippen molar-refractivity contribution in [2.24, 2.45) is 0 Å². The molecule has 4 rings (SSSR count). The van der Waals surface area contributed by atoms with Crippen LogP contribution in [0.5, 0.6) is 5.75 Å². The molecule has 1 amide bonds. The van der Waals surface area contributed by atoms with Gasteiger partial charge in [-0.15, -0.1) is 10.2 Å². The summed E-state index contributed by atoms with van der Waals surface area (Å²) in [6.45, 7) is 0.355. The SMILES string of the molecule is O=C(c1ccccc1F)N1CCSc2nnc(COc3cccc(F)c3)n21. The van der Waals surface area contributed by atoms with E-state index in [2.05, 4.69) is 10.2 Å². The fourth-order valence-electron chi connectivity index (χ4n) is 2.71. The number of carbonyl (C=O) groups excluding carboxylic acids is 1. The number of benzene rings is 2. The molecule has 6 nitrogen and oxygen atoms in total. The first-order chi connectivity index (χ1) is 13.1. The average Bonchev–Trinajstić information content (AvgIpc) is 3.09. The van der Waals surface area contributed by atoms with Gasteiger partial charge >= 0.3 is 0 Å². The fourth-order valence-corrected chi connectivity index (χ4v) is 3.58. The van der Waals surface area contributed by atoms with Crippen LogP contribution in [0.2, 0.25) is 0 Å². The summed E-state index contributed by atoms with van der Waals surface area (Å²) in [6, 6.07) is 11.5. The number of hydrogen-bond acceptors (Lipinski definition) is 5. The van der Waals surface area contributed by atoms with Crippen LogP contribution < -0.4 is 9.75 Å². The standard InChI is InChI=1S/C18H14F2N4O2S/c19-12-4-3-5-13(10-12)26-11-16-21-22-18-24(16)23(8-9-27-18)17(25)14-6-1-2-7-15(14)20/h1-7,10H,8-9,11H2. The predicted molar refractivity (Wildman–Crippen MR) is 95.3 cm³/mol. The Balaban J connectivity index is 1.61. The number of carbonyl (C=O) groups is 1. The van der Waals surface area contributed by atoms with E-state index in [9.17, 15) is 13.6 Å². The molecular weight excluding hydrogens is 374 g/mol. The summed E-state index contributed by atoms with van der Waals surface area (Å²) >= 11 is 1.44. The van der Waals surface area contributed by atoms with E-state index in [0.717, 1.165) is 0 Å². The zero-order valence-corrected chi connectivity index (χ0v) is 14.8. The predicted octanol–water partition coefficient (Wildman–Crippen LogP) is 3.02. The van der Waals surface area contributed by atoms with E-state index in [4.69, 9.17) is 4.74 Å². The van der Waals surface area contributed by atoms with Gasteiger partial charge in [0.1, 0.15) is 24.0 Å². The summed E-state index contributed by atoms with van der Waals surface area (Å²) in [4.78, 5) is 12.9. The maximum atomic E-state index is 14.1. The van der Waals surface area contributed by atoms with E-state index < -0.39 is 17.5 Å². The lowest BCUT2D eigenvalue weighted by Gasteiger charge is -2.29. The van der Waals surface area contributed by atoms with Crippen molar-refractivity contribution in [2.45, 2.75) is 11.8 Å². The van der Waals surface area contributed by atoms with Crippen LogP contribution in [0.15, 0.2) is 53.7 Å². The van der Waals surface area contributed by atoms with Crippen LogP contribution in [0.1, 0.15) is 16.2 Å². The Labute approximate surface area is 157 Å². The van der Waals surface area contributed by atoms with Crippen molar-refractivity contribution in [3.63, 3.8) is 0 Å². The number of fused-ring (bicyclic) bond motifs is 1. The van der Waals surface area contributed by atoms with Gasteiger partial charge in [-0.3, -0.25) is 4.79 Å². The van der Waals surface area contributed by atoms with Crippen LogP contribution in [0.4, 0.5) is 8.78 Å². The third kappa shape index (κ3) is 3.50. The minimum absolute atomic E-state index is 0.0158. The van der Waals surface area contributed by atoms with Gasteiger partial charge in [0.25, 0.3) is 5.91 Å². The van der Waals surface area contributed by atoms with Gasteiger partial charge in [0, 0.05) is 11.8 Å². The summed E-state index contributed by atoms with van der Waals surface area (Å²) in [7, 11) is 0. The number of thioether (sulfide) groups is 1. The average molecular weight is 388 g/mol. The summed E-state index contributed by atoms with van der Waals surface area (Å²) in [6.07, 6.45) is 0. The first-order valence-electron chi connectivity index (χ1n) is 8.15. The molecule has 138 valence electrons. The Hall–Kier alpha value is -2.94. The fraction of sp³-hybridized carbons (Fsp3) is 0.167. The first-order valence-corrected chi connectivity index (χ1v) is 9.14. The second-order valence-electron chi connectivity index (χ2n) is 5.71. The third-order valence-electron chi connectivity index (χ3n) is 3.96. The lowest BCUT2D eigenvalue weighted by Crippen LogP contribution is -2.46. The quantitative estimate of drug-likeness (QED) is 0.688. The molecule has 0 aliphatic carbocycles. The van der Waals surface area contributed by atoms with E-state index in [-0.39, 0.29) is 12.2 Å². The molecular formula is C18H14F2N4O2S. The van der Waals surface area contributed by atoms with Crippen molar-refractivity contribution < 1.29 is 18.3 Å².